The number of allylic oxidation sites excluding steroid dienone is 2. The molecule has 1 atom stereocenters. The second-order valence-corrected chi connectivity index (χ2v) is 5.31. The molecule has 76 valence electrons. The third-order valence-electron chi connectivity index (χ3n) is 2.29. The van der Waals surface area contributed by atoms with Gasteiger partial charge in [-0.2, -0.15) is 0 Å². The van der Waals surface area contributed by atoms with Crippen LogP contribution in [0.3, 0.4) is 0 Å². The molecule has 1 aliphatic carbocycles. The van der Waals surface area contributed by atoms with Crippen LogP contribution in [0.15, 0.2) is 42.0 Å². The Kier molecular flexibility index (Phi) is 3.50. The Morgan fingerprint density at radius 2 is 2.29 bits per heavy atom. The van der Waals surface area contributed by atoms with Crippen LogP contribution >= 0.6 is 0 Å². The molecule has 0 aromatic carbocycles. The lowest BCUT2D eigenvalue weighted by Crippen LogP contribution is -2.19. The highest BCUT2D eigenvalue weighted by Crippen LogP contribution is 2.24. The largest absolute Gasteiger partial charge is 0.223 e. The van der Waals surface area contributed by atoms with E-state index in [0.29, 0.717) is 6.42 Å². The van der Waals surface area contributed by atoms with Gasteiger partial charge in [0, 0.05) is 0 Å². The lowest BCUT2D eigenvalue weighted by molar-refractivity contribution is 0.584. The fourth-order valence-electron chi connectivity index (χ4n) is 1.55. The second-order valence-electron chi connectivity index (χ2n) is 3.29. The summed E-state index contributed by atoms with van der Waals surface area (Å²) in [7, 11) is -3.20. The number of hydrogen-bond acceptors (Lipinski definition) is 2. The van der Waals surface area contributed by atoms with E-state index in [2.05, 4.69) is 18.9 Å². The molecule has 0 amide bonds. The molecule has 2 nitrogen and oxygen atoms in total. The van der Waals surface area contributed by atoms with Gasteiger partial charge < -0.3 is 0 Å². The lowest BCUT2D eigenvalue weighted by atomic mass is 9.99. The van der Waals surface area contributed by atoms with Crippen molar-refractivity contribution >= 4 is 9.84 Å². The first-order valence-electron chi connectivity index (χ1n) is 4.53. The monoisotopic (exact) mass is 210 g/mol. The van der Waals surface area contributed by atoms with Crippen molar-refractivity contribution in [2.75, 3.05) is 0 Å². The van der Waals surface area contributed by atoms with E-state index in [1.165, 1.54) is 0 Å². The molecule has 0 saturated heterocycles. The smallest absolute Gasteiger partial charge is 0.185 e. The summed E-state index contributed by atoms with van der Waals surface area (Å²) >= 11 is 0. The summed E-state index contributed by atoms with van der Waals surface area (Å²) in [6, 6.07) is 0. The summed E-state index contributed by atoms with van der Waals surface area (Å²) in [6.07, 6.45) is 6.00. The average Bonchev–Trinajstić information content (AvgIpc) is 2.18. The molecule has 1 rings (SSSR count). The first kappa shape index (κ1) is 11.0. The van der Waals surface area contributed by atoms with E-state index in [1.807, 2.05) is 0 Å². The Balaban J connectivity index is 3.00. The summed E-state index contributed by atoms with van der Waals surface area (Å²) in [5.41, 5.74) is 3.34. The van der Waals surface area contributed by atoms with Gasteiger partial charge in [-0.1, -0.05) is 30.9 Å². The summed E-state index contributed by atoms with van der Waals surface area (Å²) in [6.45, 7) is 6.92. The minimum absolute atomic E-state index is 0.418. The maximum Gasteiger partial charge on any atom is 0.185 e. The van der Waals surface area contributed by atoms with Gasteiger partial charge in [-0.25, -0.2) is 8.42 Å². The zero-order valence-electron chi connectivity index (χ0n) is 8.07. The van der Waals surface area contributed by atoms with Crippen LogP contribution in [0.25, 0.3) is 0 Å². The molecule has 0 fully saturated rings. The molecule has 0 aliphatic heterocycles. The first-order chi connectivity index (χ1) is 6.60. The van der Waals surface area contributed by atoms with Crippen molar-refractivity contribution in [3.8, 4) is 0 Å². The zero-order chi connectivity index (χ0) is 10.6. The van der Waals surface area contributed by atoms with E-state index in [9.17, 15) is 8.42 Å². The van der Waals surface area contributed by atoms with E-state index < -0.39 is 15.1 Å². The molecule has 0 radical (unpaired) electrons. The van der Waals surface area contributed by atoms with E-state index in [1.54, 1.807) is 12.2 Å². The van der Waals surface area contributed by atoms with Crippen LogP contribution in [-0.4, -0.2) is 13.7 Å². The fourth-order valence-corrected chi connectivity index (χ4v) is 2.81. The van der Waals surface area contributed by atoms with Crippen LogP contribution in [0.2, 0.25) is 0 Å². The topological polar surface area (TPSA) is 34.1 Å². The van der Waals surface area contributed by atoms with Crippen LogP contribution in [0.4, 0.5) is 0 Å². The van der Waals surface area contributed by atoms with E-state index in [4.69, 9.17) is 0 Å². The quantitative estimate of drug-likeness (QED) is 0.670. The molecule has 0 spiro atoms. The van der Waals surface area contributed by atoms with Crippen molar-refractivity contribution in [1.29, 1.82) is 0 Å². The normalized spacial score (nSPS) is 22.0. The van der Waals surface area contributed by atoms with Crippen molar-refractivity contribution in [3.63, 3.8) is 0 Å². The molecule has 14 heavy (non-hydrogen) atoms. The van der Waals surface area contributed by atoms with Crippen molar-refractivity contribution in [2.45, 2.75) is 24.5 Å². The van der Waals surface area contributed by atoms with Gasteiger partial charge >= 0.3 is 0 Å². The van der Waals surface area contributed by atoms with Gasteiger partial charge in [-0.15, -0.1) is 5.73 Å². The lowest BCUT2D eigenvalue weighted by Gasteiger charge is -2.17. The Morgan fingerprint density at radius 1 is 1.57 bits per heavy atom. The molecule has 1 aliphatic rings. The Morgan fingerprint density at radius 3 is 2.86 bits per heavy atom. The highest BCUT2D eigenvalue weighted by molar-refractivity contribution is 7.95. The van der Waals surface area contributed by atoms with Gasteiger partial charge in [0.15, 0.2) is 9.84 Å². The van der Waals surface area contributed by atoms with Gasteiger partial charge in [-0.05, 0) is 19.3 Å². The molecule has 0 saturated carbocycles. The summed E-state index contributed by atoms with van der Waals surface area (Å²) < 4.78 is 23.2. The van der Waals surface area contributed by atoms with E-state index in [0.717, 1.165) is 23.8 Å². The number of rotatable bonds is 3. The third kappa shape index (κ3) is 2.47. The minimum Gasteiger partial charge on any atom is -0.223 e. The maximum absolute atomic E-state index is 11.6. The molecule has 3 heteroatoms. The van der Waals surface area contributed by atoms with Gasteiger partial charge in [-0.3, -0.25) is 0 Å². The zero-order valence-corrected chi connectivity index (χ0v) is 8.89. The molecular formula is C11H14O2S. The molecule has 0 N–H and O–H groups in total. The van der Waals surface area contributed by atoms with Gasteiger partial charge in [0.2, 0.25) is 0 Å². The molecule has 0 aromatic heterocycles. The summed E-state index contributed by atoms with van der Waals surface area (Å²) in [5.74, 6) is 0. The van der Waals surface area contributed by atoms with Crippen LogP contribution in [0.5, 0.6) is 0 Å². The van der Waals surface area contributed by atoms with Gasteiger partial charge in [0.1, 0.15) is 0 Å². The highest BCUT2D eigenvalue weighted by atomic mass is 32.2. The van der Waals surface area contributed by atoms with Crippen LogP contribution < -0.4 is 0 Å². The van der Waals surface area contributed by atoms with Gasteiger partial charge in [0.05, 0.1) is 10.7 Å². The maximum atomic E-state index is 11.6. The van der Waals surface area contributed by atoms with Crippen molar-refractivity contribution < 1.29 is 8.42 Å². The predicted octanol–water partition coefficient (Wildman–Crippen LogP) is 2.36. The number of sulfone groups is 1. The molecule has 0 heterocycles. The Labute approximate surface area is 85.2 Å². The third-order valence-corrected chi connectivity index (χ3v) is 4.00. The van der Waals surface area contributed by atoms with Crippen molar-refractivity contribution in [2.24, 2.45) is 0 Å². The van der Waals surface area contributed by atoms with Crippen molar-refractivity contribution in [1.82, 2.24) is 0 Å². The van der Waals surface area contributed by atoms with Crippen molar-refractivity contribution in [3.05, 3.63) is 42.0 Å². The minimum atomic E-state index is -3.20. The first-order valence-corrected chi connectivity index (χ1v) is 6.14. The average molecular weight is 210 g/mol. The predicted molar refractivity (Wildman–Crippen MR) is 58.5 cm³/mol. The molecule has 1 unspecified atom stereocenters. The van der Waals surface area contributed by atoms with Crippen LogP contribution in [0, 0.1) is 0 Å². The van der Waals surface area contributed by atoms with Crippen LogP contribution in [-0.2, 0) is 9.84 Å². The molecule has 0 bridgehead atoms. The van der Waals surface area contributed by atoms with Gasteiger partial charge in [0.25, 0.3) is 0 Å². The van der Waals surface area contributed by atoms with Crippen LogP contribution in [0.1, 0.15) is 19.3 Å². The van der Waals surface area contributed by atoms with E-state index >= 15 is 0 Å². The molecular weight excluding hydrogens is 196 g/mol. The molecule has 0 aromatic rings. The fraction of sp³-hybridized carbons (Fsp3) is 0.364. The summed E-state index contributed by atoms with van der Waals surface area (Å²) in [4.78, 5) is 0. The summed E-state index contributed by atoms with van der Waals surface area (Å²) in [5, 5.41) is 0.638. The second kappa shape index (κ2) is 4.45. The SMILES string of the molecule is C=C=CS(=O)(=O)C1C=C(C=C)CCC1. The van der Waals surface area contributed by atoms with E-state index in [-0.39, 0.29) is 0 Å². The Bertz CT molecular complexity index is 395. The highest BCUT2D eigenvalue weighted by Gasteiger charge is 2.23. The Hall–Kier alpha value is -1.05. The standard InChI is InChI=1S/C11H14O2S/c1-3-8-14(12,13)11-7-5-6-10(4-2)9-11/h4,8-9,11H,1-2,5-7H2. The number of hydrogen-bond donors (Lipinski definition) is 0.